The van der Waals surface area contributed by atoms with Crippen LogP contribution in [0, 0.1) is 5.92 Å². The van der Waals surface area contributed by atoms with Crippen molar-refractivity contribution in [2.45, 2.75) is 83.6 Å². The third kappa shape index (κ3) is 2.47. The Labute approximate surface area is 116 Å². The van der Waals surface area contributed by atoms with Crippen LogP contribution in [0.4, 0.5) is 4.79 Å². The first-order chi connectivity index (χ1) is 8.69. The van der Waals surface area contributed by atoms with Crippen LogP contribution in [0.1, 0.15) is 60.3 Å². The van der Waals surface area contributed by atoms with E-state index in [0.29, 0.717) is 12.3 Å². The number of nitrogens with zero attached hydrogens (tertiary/aromatic N) is 1. The number of aliphatic hydroxyl groups excluding tert-OH is 1. The minimum Gasteiger partial charge on any atom is -0.444 e. The summed E-state index contributed by atoms with van der Waals surface area (Å²) in [5.41, 5.74) is -0.857. The zero-order valence-electron chi connectivity index (χ0n) is 12.8. The number of carbonyl (C=O) groups is 1. The number of piperidine rings is 1. The van der Waals surface area contributed by atoms with E-state index in [9.17, 15) is 9.90 Å². The molecule has 1 saturated carbocycles. The van der Waals surface area contributed by atoms with Crippen LogP contribution >= 0.6 is 0 Å². The van der Waals surface area contributed by atoms with Gasteiger partial charge in [0, 0.05) is 6.04 Å². The lowest BCUT2D eigenvalue weighted by molar-refractivity contribution is -0.172. The Morgan fingerprint density at radius 3 is 2.63 bits per heavy atom. The molecule has 2 saturated heterocycles. The molecule has 110 valence electrons. The molecule has 0 radical (unpaired) electrons. The fourth-order valence-corrected chi connectivity index (χ4v) is 3.83. The Balaban J connectivity index is 2.18. The standard InChI is InChI=1S/C15H27NO3/c1-6-12(17)15-8-10(2)7-11(9-15)16(15)13(18)19-14(3,4)5/h10-12,17H,6-9H2,1-5H3. The Hall–Kier alpha value is -0.770. The summed E-state index contributed by atoms with van der Waals surface area (Å²) in [5, 5.41) is 10.4. The van der Waals surface area contributed by atoms with Crippen LogP contribution < -0.4 is 0 Å². The van der Waals surface area contributed by atoms with Gasteiger partial charge in [-0.1, -0.05) is 13.8 Å². The molecule has 0 aromatic heterocycles. The molecule has 1 aliphatic carbocycles. The molecule has 4 atom stereocenters. The van der Waals surface area contributed by atoms with Crippen molar-refractivity contribution >= 4 is 6.09 Å². The molecule has 2 bridgehead atoms. The van der Waals surface area contributed by atoms with Gasteiger partial charge >= 0.3 is 6.09 Å². The van der Waals surface area contributed by atoms with Crippen molar-refractivity contribution in [2.75, 3.05) is 0 Å². The van der Waals surface area contributed by atoms with Gasteiger partial charge in [-0.05, 0) is 52.4 Å². The lowest BCUT2D eigenvalue weighted by Crippen LogP contribution is -2.76. The predicted octanol–water partition coefficient (Wildman–Crippen LogP) is 2.94. The lowest BCUT2D eigenvalue weighted by atomic mass is 9.61. The van der Waals surface area contributed by atoms with Gasteiger partial charge in [0.05, 0.1) is 11.6 Å². The second kappa shape index (κ2) is 4.65. The van der Waals surface area contributed by atoms with Crippen molar-refractivity contribution in [2.24, 2.45) is 5.92 Å². The van der Waals surface area contributed by atoms with E-state index < -0.39 is 11.7 Å². The van der Waals surface area contributed by atoms with E-state index in [0.717, 1.165) is 19.3 Å². The predicted molar refractivity (Wildman–Crippen MR) is 73.9 cm³/mol. The maximum absolute atomic E-state index is 12.4. The summed E-state index contributed by atoms with van der Waals surface area (Å²) < 4.78 is 5.51. The monoisotopic (exact) mass is 269 g/mol. The van der Waals surface area contributed by atoms with E-state index in [1.54, 1.807) is 0 Å². The van der Waals surface area contributed by atoms with Crippen LogP contribution in [-0.2, 0) is 4.74 Å². The largest absolute Gasteiger partial charge is 0.444 e. The van der Waals surface area contributed by atoms with E-state index in [-0.39, 0.29) is 17.7 Å². The van der Waals surface area contributed by atoms with Gasteiger partial charge in [0.1, 0.15) is 5.60 Å². The molecule has 1 amide bonds. The Bertz CT molecular complexity index is 363. The second-order valence-corrected chi connectivity index (χ2v) is 7.28. The normalized spacial score (nSPS) is 35.6. The zero-order chi connectivity index (χ0) is 14.4. The van der Waals surface area contributed by atoms with Crippen LogP contribution in [0.2, 0.25) is 0 Å². The van der Waals surface area contributed by atoms with Gasteiger partial charge in [-0.15, -0.1) is 0 Å². The molecule has 4 nitrogen and oxygen atoms in total. The number of aliphatic hydroxyl groups is 1. The third-order valence-corrected chi connectivity index (χ3v) is 4.41. The summed E-state index contributed by atoms with van der Waals surface area (Å²) in [4.78, 5) is 14.2. The Morgan fingerprint density at radius 2 is 2.11 bits per heavy atom. The number of ether oxygens (including phenoxy) is 1. The molecule has 19 heavy (non-hydrogen) atoms. The summed E-state index contributed by atoms with van der Waals surface area (Å²) in [6, 6.07) is 0.250. The van der Waals surface area contributed by atoms with E-state index >= 15 is 0 Å². The molecule has 2 heterocycles. The van der Waals surface area contributed by atoms with Crippen molar-refractivity contribution in [1.82, 2.24) is 4.90 Å². The van der Waals surface area contributed by atoms with Gasteiger partial charge in [-0.3, -0.25) is 4.90 Å². The van der Waals surface area contributed by atoms with E-state index in [4.69, 9.17) is 4.74 Å². The van der Waals surface area contributed by atoms with Crippen LogP contribution in [0.15, 0.2) is 0 Å². The van der Waals surface area contributed by atoms with Crippen molar-refractivity contribution in [3.8, 4) is 0 Å². The van der Waals surface area contributed by atoms with Gasteiger partial charge in [-0.25, -0.2) is 4.79 Å². The first-order valence-electron chi connectivity index (χ1n) is 7.40. The molecule has 1 N–H and O–H groups in total. The Kier molecular flexibility index (Phi) is 3.58. The van der Waals surface area contributed by atoms with Crippen molar-refractivity contribution in [3.63, 3.8) is 0 Å². The number of fused-ring (bicyclic) bond motifs is 2. The lowest BCUT2D eigenvalue weighted by Gasteiger charge is -2.64. The molecular formula is C15H27NO3. The highest BCUT2D eigenvalue weighted by molar-refractivity contribution is 5.71. The molecule has 2 aliphatic heterocycles. The summed E-state index contributed by atoms with van der Waals surface area (Å²) >= 11 is 0. The average Bonchev–Trinajstić information content (AvgIpc) is 2.23. The SMILES string of the molecule is CCC(O)C12CC(C)CC(C1)N2C(=O)OC(C)(C)C. The first kappa shape index (κ1) is 14.6. The minimum atomic E-state index is -0.481. The van der Waals surface area contributed by atoms with Crippen LogP contribution in [0.5, 0.6) is 0 Å². The number of carbonyl (C=O) groups excluding carboxylic acids is 1. The van der Waals surface area contributed by atoms with Crippen LogP contribution in [0.3, 0.4) is 0 Å². The second-order valence-electron chi connectivity index (χ2n) is 7.28. The average molecular weight is 269 g/mol. The quantitative estimate of drug-likeness (QED) is 0.838. The maximum atomic E-state index is 12.4. The molecule has 0 aromatic carbocycles. The highest BCUT2D eigenvalue weighted by Crippen LogP contribution is 2.52. The van der Waals surface area contributed by atoms with E-state index in [1.807, 2.05) is 32.6 Å². The van der Waals surface area contributed by atoms with Crippen LogP contribution in [-0.4, -0.2) is 39.4 Å². The molecular weight excluding hydrogens is 242 g/mol. The van der Waals surface area contributed by atoms with Gasteiger partial charge in [-0.2, -0.15) is 0 Å². The summed E-state index contributed by atoms with van der Waals surface area (Å²) in [5.74, 6) is 0.568. The minimum absolute atomic E-state index is 0.250. The Morgan fingerprint density at radius 1 is 1.47 bits per heavy atom. The molecule has 4 heteroatoms. The van der Waals surface area contributed by atoms with E-state index in [2.05, 4.69) is 6.92 Å². The van der Waals surface area contributed by atoms with Crippen LogP contribution in [0.25, 0.3) is 0 Å². The van der Waals surface area contributed by atoms with Gasteiger partial charge in [0.25, 0.3) is 0 Å². The first-order valence-corrected chi connectivity index (χ1v) is 7.40. The third-order valence-electron chi connectivity index (χ3n) is 4.41. The number of hydrogen-bond donors (Lipinski definition) is 1. The molecule has 3 rings (SSSR count). The molecule has 3 aliphatic rings. The fourth-order valence-electron chi connectivity index (χ4n) is 3.83. The molecule has 3 fully saturated rings. The summed E-state index contributed by atoms with van der Waals surface area (Å²) in [7, 11) is 0. The molecule has 0 aromatic rings. The zero-order valence-corrected chi connectivity index (χ0v) is 12.8. The van der Waals surface area contributed by atoms with Crippen molar-refractivity contribution in [3.05, 3.63) is 0 Å². The van der Waals surface area contributed by atoms with Crippen molar-refractivity contribution in [1.29, 1.82) is 0 Å². The van der Waals surface area contributed by atoms with E-state index in [1.165, 1.54) is 0 Å². The highest BCUT2D eigenvalue weighted by Gasteiger charge is 2.62. The number of hydrogen-bond acceptors (Lipinski definition) is 3. The smallest absolute Gasteiger partial charge is 0.411 e. The van der Waals surface area contributed by atoms with Gasteiger partial charge in [0.15, 0.2) is 0 Å². The fraction of sp³-hybridized carbons (Fsp3) is 0.933. The van der Waals surface area contributed by atoms with Gasteiger partial charge < -0.3 is 9.84 Å². The molecule has 4 unspecified atom stereocenters. The van der Waals surface area contributed by atoms with Gasteiger partial charge in [0.2, 0.25) is 0 Å². The number of amides is 1. The highest BCUT2D eigenvalue weighted by atomic mass is 16.6. The molecule has 0 spiro atoms. The summed E-state index contributed by atoms with van der Waals surface area (Å²) in [6.45, 7) is 9.82. The maximum Gasteiger partial charge on any atom is 0.411 e. The topological polar surface area (TPSA) is 49.8 Å². The summed E-state index contributed by atoms with van der Waals surface area (Å²) in [6.07, 6.45) is 2.81. The number of rotatable bonds is 2. The van der Waals surface area contributed by atoms with Crippen molar-refractivity contribution < 1.29 is 14.6 Å².